The average Bonchev–Trinajstić information content (AvgIpc) is 2.86. The molecule has 0 aromatic heterocycles. The van der Waals surface area contributed by atoms with Crippen molar-refractivity contribution in [1.82, 2.24) is 9.80 Å². The van der Waals surface area contributed by atoms with Crippen molar-refractivity contribution in [1.29, 1.82) is 0 Å². The summed E-state index contributed by atoms with van der Waals surface area (Å²) in [6.45, 7) is 4.57. The zero-order valence-electron chi connectivity index (χ0n) is 19.0. The molecule has 1 aliphatic carbocycles. The van der Waals surface area contributed by atoms with E-state index < -0.39 is 5.97 Å². The molecular weight excluding hydrogens is 412 g/mol. The molecular formula is C28H32N2O3. The van der Waals surface area contributed by atoms with Gasteiger partial charge in [0.25, 0.3) is 5.91 Å². The van der Waals surface area contributed by atoms with Gasteiger partial charge in [0, 0.05) is 36.7 Å². The number of hydrogen-bond donors (Lipinski definition) is 1. The van der Waals surface area contributed by atoms with E-state index in [1.807, 2.05) is 30.3 Å². The fraction of sp³-hybridized carbons (Fsp3) is 0.429. The maximum atomic E-state index is 13.1. The van der Waals surface area contributed by atoms with Crippen molar-refractivity contribution in [3.05, 3.63) is 76.9 Å². The van der Waals surface area contributed by atoms with Crippen LogP contribution in [0.2, 0.25) is 0 Å². The van der Waals surface area contributed by atoms with Crippen molar-refractivity contribution in [2.24, 2.45) is 5.92 Å². The monoisotopic (exact) mass is 444 g/mol. The highest BCUT2D eigenvalue weighted by molar-refractivity contribution is 5.98. The Labute approximate surface area is 195 Å². The molecule has 5 heteroatoms. The summed E-state index contributed by atoms with van der Waals surface area (Å²) in [6, 6.07) is 16.2. The number of amides is 1. The fourth-order valence-corrected chi connectivity index (χ4v) is 6.15. The Morgan fingerprint density at radius 1 is 0.970 bits per heavy atom. The van der Waals surface area contributed by atoms with Crippen LogP contribution in [-0.4, -0.2) is 59.0 Å². The summed E-state index contributed by atoms with van der Waals surface area (Å²) in [5.41, 5.74) is 4.76. The summed E-state index contributed by atoms with van der Waals surface area (Å²) in [4.78, 5) is 28.0. The van der Waals surface area contributed by atoms with Gasteiger partial charge in [-0.05, 0) is 79.9 Å². The third-order valence-electron chi connectivity index (χ3n) is 7.75. The molecule has 1 N–H and O–H groups in total. The quantitative estimate of drug-likeness (QED) is 0.711. The number of piperidine rings is 3. The molecule has 3 saturated heterocycles. The van der Waals surface area contributed by atoms with Gasteiger partial charge in [0.2, 0.25) is 0 Å². The van der Waals surface area contributed by atoms with Crippen LogP contribution in [0, 0.1) is 5.92 Å². The number of carboxylic acids is 1. The molecule has 0 saturated carbocycles. The van der Waals surface area contributed by atoms with Crippen LogP contribution in [0.4, 0.5) is 0 Å². The molecule has 5 nitrogen and oxygen atoms in total. The van der Waals surface area contributed by atoms with Crippen molar-refractivity contribution < 1.29 is 14.7 Å². The van der Waals surface area contributed by atoms with Crippen LogP contribution in [0.25, 0.3) is 6.08 Å². The number of rotatable bonds is 3. The first-order chi connectivity index (χ1) is 16.1. The highest BCUT2D eigenvalue weighted by Gasteiger charge is 2.43. The molecule has 4 heterocycles. The number of benzene rings is 2. The third kappa shape index (κ3) is 4.60. The molecule has 0 unspecified atom stereocenters. The number of hydrogen-bond acceptors (Lipinski definition) is 3. The zero-order valence-corrected chi connectivity index (χ0v) is 19.0. The molecule has 33 heavy (non-hydrogen) atoms. The number of nitrogens with zero attached hydrogens (tertiary/aromatic N) is 2. The van der Waals surface area contributed by atoms with Crippen molar-refractivity contribution in [2.45, 2.75) is 44.1 Å². The summed E-state index contributed by atoms with van der Waals surface area (Å²) in [7, 11) is 0. The molecule has 3 fully saturated rings. The topological polar surface area (TPSA) is 60.9 Å². The highest BCUT2D eigenvalue weighted by atomic mass is 16.4. The van der Waals surface area contributed by atoms with E-state index >= 15 is 0 Å². The van der Waals surface area contributed by atoms with E-state index in [0.717, 1.165) is 42.6 Å². The van der Waals surface area contributed by atoms with Crippen molar-refractivity contribution >= 4 is 18.0 Å². The summed E-state index contributed by atoms with van der Waals surface area (Å²) >= 11 is 0. The van der Waals surface area contributed by atoms with Gasteiger partial charge in [-0.2, -0.15) is 0 Å². The van der Waals surface area contributed by atoms with Gasteiger partial charge < -0.3 is 14.9 Å². The minimum Gasteiger partial charge on any atom is -0.478 e. The van der Waals surface area contributed by atoms with Gasteiger partial charge in [0.05, 0.1) is 0 Å². The van der Waals surface area contributed by atoms with Crippen LogP contribution in [0.5, 0.6) is 0 Å². The van der Waals surface area contributed by atoms with E-state index in [9.17, 15) is 9.59 Å². The molecule has 2 aromatic rings. The molecule has 5 aliphatic rings. The summed E-state index contributed by atoms with van der Waals surface area (Å²) in [5, 5.41) is 8.29. The van der Waals surface area contributed by atoms with Crippen LogP contribution >= 0.6 is 0 Å². The molecule has 2 aromatic carbocycles. The smallest absolute Gasteiger partial charge is 0.328 e. The summed E-state index contributed by atoms with van der Waals surface area (Å²) < 4.78 is 0. The molecule has 0 spiro atoms. The lowest BCUT2D eigenvalue weighted by Crippen LogP contribution is -2.60. The largest absolute Gasteiger partial charge is 0.478 e. The number of carboxylic acid groups (broad SMARTS) is 1. The molecule has 7 rings (SSSR count). The van der Waals surface area contributed by atoms with Crippen LogP contribution in [0.1, 0.15) is 58.6 Å². The van der Waals surface area contributed by atoms with Gasteiger partial charge in [0.15, 0.2) is 0 Å². The van der Waals surface area contributed by atoms with Crippen LogP contribution in [-0.2, 0) is 11.2 Å². The van der Waals surface area contributed by atoms with Gasteiger partial charge in [-0.1, -0.05) is 42.5 Å². The predicted molar refractivity (Wildman–Crippen MR) is 129 cm³/mol. The van der Waals surface area contributed by atoms with E-state index in [1.54, 1.807) is 6.08 Å². The van der Waals surface area contributed by atoms with Gasteiger partial charge in [-0.25, -0.2) is 4.79 Å². The van der Waals surface area contributed by atoms with E-state index in [4.69, 9.17) is 5.11 Å². The minimum absolute atomic E-state index is 0.314. The fourth-order valence-electron chi connectivity index (χ4n) is 6.15. The SMILES string of the molecule is O=C(O)/C=C/c1ccccc1.O=C1c2cccc3c2[C@H](CCC3)CN1[C@@H]1CN2CCC1CC2. The molecule has 2 atom stereocenters. The maximum Gasteiger partial charge on any atom is 0.328 e. The first-order valence-corrected chi connectivity index (χ1v) is 12.2. The van der Waals surface area contributed by atoms with Crippen LogP contribution in [0.15, 0.2) is 54.6 Å². The number of carbonyl (C=O) groups is 2. The zero-order chi connectivity index (χ0) is 22.8. The molecule has 1 amide bonds. The molecule has 0 radical (unpaired) electrons. The number of aliphatic carboxylic acids is 1. The van der Waals surface area contributed by atoms with Gasteiger partial charge in [-0.15, -0.1) is 0 Å². The third-order valence-corrected chi connectivity index (χ3v) is 7.75. The molecule has 2 bridgehead atoms. The van der Waals surface area contributed by atoms with E-state index in [0.29, 0.717) is 17.9 Å². The number of aryl methyl sites for hydroxylation is 1. The lowest BCUT2D eigenvalue weighted by atomic mass is 9.75. The van der Waals surface area contributed by atoms with Crippen molar-refractivity contribution in [3.63, 3.8) is 0 Å². The van der Waals surface area contributed by atoms with Crippen molar-refractivity contribution in [3.8, 4) is 0 Å². The maximum absolute atomic E-state index is 13.1. The Morgan fingerprint density at radius 2 is 1.76 bits per heavy atom. The second-order valence-corrected chi connectivity index (χ2v) is 9.71. The Morgan fingerprint density at radius 3 is 2.45 bits per heavy atom. The average molecular weight is 445 g/mol. The molecule has 4 aliphatic heterocycles. The van der Waals surface area contributed by atoms with Crippen LogP contribution < -0.4 is 0 Å². The first-order valence-electron chi connectivity index (χ1n) is 12.2. The highest BCUT2D eigenvalue weighted by Crippen LogP contribution is 2.41. The van der Waals surface area contributed by atoms with E-state index in [1.165, 1.54) is 49.9 Å². The lowest BCUT2D eigenvalue weighted by molar-refractivity contribution is -0.131. The van der Waals surface area contributed by atoms with Gasteiger partial charge >= 0.3 is 5.97 Å². The van der Waals surface area contributed by atoms with Crippen LogP contribution in [0.3, 0.4) is 0 Å². The Hall–Kier alpha value is -2.92. The predicted octanol–water partition coefficient (Wildman–Crippen LogP) is 4.44. The molecule has 172 valence electrons. The first kappa shape index (κ1) is 21.9. The van der Waals surface area contributed by atoms with E-state index in [2.05, 4.69) is 28.0 Å². The van der Waals surface area contributed by atoms with Gasteiger partial charge in [-0.3, -0.25) is 4.79 Å². The summed E-state index contributed by atoms with van der Waals surface area (Å²) in [6.07, 6.45) is 8.95. The Balaban J connectivity index is 0.000000177. The second-order valence-electron chi connectivity index (χ2n) is 9.71. The Bertz CT molecular complexity index is 1040. The summed E-state index contributed by atoms with van der Waals surface area (Å²) in [5.74, 6) is 0.720. The number of carbonyl (C=O) groups excluding carboxylic acids is 1. The lowest BCUT2D eigenvalue weighted by Gasteiger charge is -2.51. The Kier molecular flexibility index (Phi) is 6.32. The standard InChI is InChI=1S/C19H24N2O.C9H8O2/c22-19-16-6-2-4-14-3-1-5-15(18(14)16)11-21(19)17-12-20-9-7-13(17)8-10-20;10-9(11)7-6-8-4-2-1-3-5-8/h2,4,6,13,15,17H,1,3,5,7-12H2;1-7H,(H,10,11)/b;7-6+/t15-,17-;/m1./s1. The van der Waals surface area contributed by atoms with Crippen molar-refractivity contribution in [2.75, 3.05) is 26.2 Å². The number of fused-ring (bicyclic) bond motifs is 3. The minimum atomic E-state index is -0.922. The second kappa shape index (κ2) is 9.52. The normalized spacial score (nSPS) is 27.6. The van der Waals surface area contributed by atoms with E-state index in [-0.39, 0.29) is 0 Å². The van der Waals surface area contributed by atoms with Gasteiger partial charge in [0.1, 0.15) is 0 Å².